The first-order chi connectivity index (χ1) is 5.52. The van der Waals surface area contributed by atoms with Gasteiger partial charge in [-0.1, -0.05) is 0 Å². The van der Waals surface area contributed by atoms with Crippen molar-refractivity contribution in [3.63, 3.8) is 0 Å². The lowest BCUT2D eigenvalue weighted by Crippen LogP contribution is -2.20. The van der Waals surface area contributed by atoms with Crippen LogP contribution in [0.2, 0.25) is 0 Å². The van der Waals surface area contributed by atoms with Crippen LogP contribution in [0.4, 0.5) is 0 Å². The Kier molecular flexibility index (Phi) is 2.39. The van der Waals surface area contributed by atoms with Gasteiger partial charge in [-0.05, 0) is 13.0 Å². The van der Waals surface area contributed by atoms with Crippen LogP contribution in [0, 0.1) is 0 Å². The maximum Gasteiger partial charge on any atom is 0.217 e. The molecule has 0 aliphatic carbocycles. The van der Waals surface area contributed by atoms with Crippen molar-refractivity contribution in [3.8, 4) is 0 Å². The van der Waals surface area contributed by atoms with E-state index in [1.807, 2.05) is 0 Å². The molecule has 66 valence electrons. The number of nitrogens with zero attached hydrogens (tertiary/aromatic N) is 2. The zero-order valence-corrected chi connectivity index (χ0v) is 7.32. The average Bonchev–Trinajstić information content (AvgIpc) is 2.03. The Morgan fingerprint density at radius 2 is 2.25 bits per heavy atom. The number of rotatable bonds is 2. The third-order valence-electron chi connectivity index (χ3n) is 1.51. The summed E-state index contributed by atoms with van der Waals surface area (Å²) >= 11 is 0. The first kappa shape index (κ1) is 9.08. The maximum absolute atomic E-state index is 10.8. The molecule has 1 heterocycles. The molecule has 6 heteroatoms. The van der Waals surface area contributed by atoms with Gasteiger partial charge in [0.15, 0.2) is 0 Å². The minimum absolute atomic E-state index is 0.410. The molecule has 0 aliphatic rings. The van der Waals surface area contributed by atoms with Gasteiger partial charge in [-0.3, -0.25) is 0 Å². The zero-order chi connectivity index (χ0) is 9.19. The second kappa shape index (κ2) is 3.16. The number of hydrogen-bond donors (Lipinski definition) is 1. The lowest BCUT2D eigenvalue weighted by Gasteiger charge is -2.06. The van der Waals surface area contributed by atoms with Crippen molar-refractivity contribution in [2.24, 2.45) is 5.14 Å². The molecular formula is C6H9N3O2S. The summed E-state index contributed by atoms with van der Waals surface area (Å²) in [5.41, 5.74) is 0.410. The fourth-order valence-corrected chi connectivity index (χ4v) is 1.19. The van der Waals surface area contributed by atoms with Gasteiger partial charge in [-0.2, -0.15) is 0 Å². The van der Waals surface area contributed by atoms with Gasteiger partial charge in [0.2, 0.25) is 10.0 Å². The molecule has 0 fully saturated rings. The van der Waals surface area contributed by atoms with Crippen LogP contribution in [0.3, 0.4) is 0 Å². The first-order valence-electron chi connectivity index (χ1n) is 3.29. The number of nitrogens with two attached hydrogens (primary N) is 1. The van der Waals surface area contributed by atoms with Crippen LogP contribution >= 0.6 is 0 Å². The summed E-state index contributed by atoms with van der Waals surface area (Å²) in [5.74, 6) is 0. The first-order valence-corrected chi connectivity index (χ1v) is 4.90. The molecule has 1 aromatic rings. The van der Waals surface area contributed by atoms with Crippen LogP contribution in [0.25, 0.3) is 0 Å². The number of primary sulfonamides is 1. The van der Waals surface area contributed by atoms with Gasteiger partial charge in [-0.25, -0.2) is 23.5 Å². The van der Waals surface area contributed by atoms with E-state index < -0.39 is 15.3 Å². The van der Waals surface area contributed by atoms with E-state index in [-0.39, 0.29) is 0 Å². The molecule has 12 heavy (non-hydrogen) atoms. The SMILES string of the molecule is CC(c1ccncn1)S(N)(=O)=O. The third-order valence-corrected chi connectivity index (χ3v) is 2.74. The molecule has 0 amide bonds. The highest BCUT2D eigenvalue weighted by atomic mass is 32.2. The topological polar surface area (TPSA) is 85.9 Å². The van der Waals surface area contributed by atoms with Crippen molar-refractivity contribution in [3.05, 3.63) is 24.3 Å². The molecule has 1 atom stereocenters. The Bertz CT molecular complexity index is 348. The van der Waals surface area contributed by atoms with E-state index in [0.29, 0.717) is 5.69 Å². The number of hydrogen-bond acceptors (Lipinski definition) is 4. The fourth-order valence-electron chi connectivity index (χ4n) is 0.710. The van der Waals surface area contributed by atoms with Gasteiger partial charge in [0.25, 0.3) is 0 Å². The minimum Gasteiger partial charge on any atom is -0.245 e. The van der Waals surface area contributed by atoms with Gasteiger partial charge in [-0.15, -0.1) is 0 Å². The van der Waals surface area contributed by atoms with Crippen LogP contribution in [0.15, 0.2) is 18.6 Å². The normalized spacial score (nSPS) is 14.2. The summed E-state index contributed by atoms with van der Waals surface area (Å²) in [6, 6.07) is 1.52. The predicted octanol–water partition coefficient (Wildman–Crippen LogP) is -0.174. The second-order valence-corrected chi connectivity index (χ2v) is 4.25. The summed E-state index contributed by atoms with van der Waals surface area (Å²) in [7, 11) is -3.55. The van der Waals surface area contributed by atoms with Crippen molar-refractivity contribution in [1.82, 2.24) is 9.97 Å². The largest absolute Gasteiger partial charge is 0.245 e. The molecule has 1 rings (SSSR count). The van der Waals surface area contributed by atoms with E-state index >= 15 is 0 Å². The molecule has 0 bridgehead atoms. The molecule has 0 saturated carbocycles. The highest BCUT2D eigenvalue weighted by Crippen LogP contribution is 2.14. The molecule has 0 spiro atoms. The van der Waals surface area contributed by atoms with Crippen LogP contribution in [-0.2, 0) is 10.0 Å². The zero-order valence-electron chi connectivity index (χ0n) is 6.51. The summed E-state index contributed by atoms with van der Waals surface area (Å²) in [6.45, 7) is 1.48. The van der Waals surface area contributed by atoms with E-state index in [1.54, 1.807) is 0 Å². The standard InChI is InChI=1S/C6H9N3O2S/c1-5(12(7,10)11)6-2-3-8-4-9-6/h2-5H,1H3,(H2,7,10,11). The molecule has 2 N–H and O–H groups in total. The average molecular weight is 187 g/mol. The van der Waals surface area contributed by atoms with E-state index in [1.165, 1.54) is 25.5 Å². The van der Waals surface area contributed by atoms with E-state index in [0.717, 1.165) is 0 Å². The molecular weight excluding hydrogens is 178 g/mol. The Morgan fingerprint density at radius 3 is 2.67 bits per heavy atom. The van der Waals surface area contributed by atoms with Gasteiger partial charge >= 0.3 is 0 Å². The summed E-state index contributed by atoms with van der Waals surface area (Å²) in [4.78, 5) is 7.44. The summed E-state index contributed by atoms with van der Waals surface area (Å²) in [6.07, 6.45) is 2.76. The van der Waals surface area contributed by atoms with Crippen LogP contribution < -0.4 is 5.14 Å². The highest BCUT2D eigenvalue weighted by Gasteiger charge is 2.18. The van der Waals surface area contributed by atoms with Gasteiger partial charge in [0.1, 0.15) is 11.6 Å². The molecule has 0 aromatic carbocycles. The van der Waals surface area contributed by atoms with Crippen LogP contribution in [-0.4, -0.2) is 18.4 Å². The van der Waals surface area contributed by atoms with E-state index in [4.69, 9.17) is 5.14 Å². The van der Waals surface area contributed by atoms with Gasteiger partial charge in [0, 0.05) is 6.20 Å². The van der Waals surface area contributed by atoms with Gasteiger partial charge in [0.05, 0.1) is 5.69 Å². The fraction of sp³-hybridized carbons (Fsp3) is 0.333. The molecule has 1 unspecified atom stereocenters. The van der Waals surface area contributed by atoms with Gasteiger partial charge < -0.3 is 0 Å². The Hall–Kier alpha value is -1.01. The minimum atomic E-state index is -3.55. The maximum atomic E-state index is 10.8. The quantitative estimate of drug-likeness (QED) is 0.696. The lowest BCUT2D eigenvalue weighted by atomic mass is 10.3. The molecule has 1 aromatic heterocycles. The number of aromatic nitrogens is 2. The third kappa shape index (κ3) is 1.99. The summed E-state index contributed by atoms with van der Waals surface area (Å²) < 4.78 is 21.7. The van der Waals surface area contributed by atoms with E-state index in [9.17, 15) is 8.42 Å². The smallest absolute Gasteiger partial charge is 0.217 e. The Morgan fingerprint density at radius 1 is 1.58 bits per heavy atom. The van der Waals surface area contributed by atoms with Crippen molar-refractivity contribution < 1.29 is 8.42 Å². The van der Waals surface area contributed by atoms with Crippen LogP contribution in [0.5, 0.6) is 0 Å². The van der Waals surface area contributed by atoms with Crippen molar-refractivity contribution in [1.29, 1.82) is 0 Å². The predicted molar refractivity (Wildman–Crippen MR) is 43.6 cm³/mol. The highest BCUT2D eigenvalue weighted by molar-refractivity contribution is 7.89. The summed E-state index contributed by atoms with van der Waals surface area (Å²) in [5, 5.41) is 4.15. The van der Waals surface area contributed by atoms with Crippen LogP contribution in [0.1, 0.15) is 17.9 Å². The second-order valence-electron chi connectivity index (χ2n) is 2.37. The van der Waals surface area contributed by atoms with Crippen molar-refractivity contribution in [2.45, 2.75) is 12.2 Å². The molecule has 5 nitrogen and oxygen atoms in total. The molecule has 0 aliphatic heterocycles. The lowest BCUT2D eigenvalue weighted by molar-refractivity contribution is 0.586. The number of sulfonamides is 1. The monoisotopic (exact) mass is 187 g/mol. The van der Waals surface area contributed by atoms with Crippen molar-refractivity contribution in [2.75, 3.05) is 0 Å². The molecule has 0 saturated heterocycles. The Labute approximate surface area is 70.7 Å². The molecule has 0 radical (unpaired) electrons. The Balaban J connectivity index is 3.02. The van der Waals surface area contributed by atoms with Crippen molar-refractivity contribution >= 4 is 10.0 Å². The van der Waals surface area contributed by atoms with E-state index in [2.05, 4.69) is 9.97 Å².